The first-order valence-electron chi connectivity index (χ1n) is 12.0. The molecule has 0 aliphatic rings. The van der Waals surface area contributed by atoms with E-state index >= 15 is 0 Å². The van der Waals surface area contributed by atoms with Gasteiger partial charge in [0, 0.05) is 53.0 Å². The summed E-state index contributed by atoms with van der Waals surface area (Å²) in [6, 6.07) is 23.0. The molecule has 4 aromatic heterocycles. The number of ether oxygens (including phenoxy) is 2. The van der Waals surface area contributed by atoms with Crippen LogP contribution in [0.15, 0.2) is 85.2 Å². The van der Waals surface area contributed by atoms with Gasteiger partial charge in [-0.25, -0.2) is 9.97 Å². The second-order valence-electron chi connectivity index (χ2n) is 8.74. The summed E-state index contributed by atoms with van der Waals surface area (Å²) in [5.41, 5.74) is 3.17. The van der Waals surface area contributed by atoms with Crippen molar-refractivity contribution in [3.63, 3.8) is 0 Å². The lowest BCUT2D eigenvalue weighted by Gasteiger charge is -2.19. The minimum Gasteiger partial charge on any atom is -0.475 e. The molecule has 0 aliphatic carbocycles. The van der Waals surface area contributed by atoms with Crippen LogP contribution in [0.25, 0.3) is 43.6 Å². The third kappa shape index (κ3) is 4.69. The van der Waals surface area contributed by atoms with Crippen LogP contribution in [-0.2, 0) is 4.79 Å². The van der Waals surface area contributed by atoms with Gasteiger partial charge in [0.25, 0.3) is 0 Å². The number of carbonyl (C=O) groups is 1. The fourth-order valence-corrected chi connectivity index (χ4v) is 4.36. The highest BCUT2D eigenvalue weighted by molar-refractivity contribution is 6.03. The number of hydrogen-bond donors (Lipinski definition) is 1. The van der Waals surface area contributed by atoms with E-state index in [0.717, 1.165) is 43.6 Å². The lowest BCUT2D eigenvalue weighted by atomic mass is 10.1. The normalized spacial score (nSPS) is 11.4. The molecule has 0 atom stereocenters. The Morgan fingerprint density at radius 1 is 0.676 bits per heavy atom. The van der Waals surface area contributed by atoms with E-state index in [1.807, 2.05) is 72.8 Å². The summed E-state index contributed by atoms with van der Waals surface area (Å²) < 4.78 is 12.0. The maximum Gasteiger partial charge on any atom is 0.217 e. The number of carbonyl (C=O) groups excluding carboxylic acids is 1. The lowest BCUT2D eigenvalue weighted by Crippen LogP contribution is -2.42. The van der Waals surface area contributed by atoms with Crippen molar-refractivity contribution < 1.29 is 14.3 Å². The van der Waals surface area contributed by atoms with Crippen molar-refractivity contribution in [1.82, 2.24) is 25.3 Å². The molecule has 0 saturated carbocycles. The van der Waals surface area contributed by atoms with Crippen LogP contribution in [0.1, 0.15) is 6.92 Å². The zero-order chi connectivity index (χ0) is 25.2. The number of pyridine rings is 4. The first-order chi connectivity index (χ1) is 18.1. The Bertz CT molecular complexity index is 1650. The van der Waals surface area contributed by atoms with Gasteiger partial charge in [-0.3, -0.25) is 14.8 Å². The van der Waals surface area contributed by atoms with E-state index in [1.165, 1.54) is 6.92 Å². The summed E-state index contributed by atoms with van der Waals surface area (Å²) in [4.78, 5) is 30.2. The maximum absolute atomic E-state index is 11.8. The molecule has 0 spiro atoms. The average Bonchev–Trinajstić information content (AvgIpc) is 2.94. The molecule has 37 heavy (non-hydrogen) atoms. The van der Waals surface area contributed by atoms with Gasteiger partial charge in [-0.15, -0.1) is 0 Å². The zero-order valence-corrected chi connectivity index (χ0v) is 20.1. The van der Waals surface area contributed by atoms with Crippen LogP contribution in [0.3, 0.4) is 0 Å². The molecule has 1 amide bonds. The molecule has 6 rings (SSSR count). The number of amides is 1. The number of aromatic nitrogens is 4. The Morgan fingerprint density at radius 3 is 1.57 bits per heavy atom. The van der Waals surface area contributed by atoms with Crippen LogP contribution in [0.2, 0.25) is 0 Å². The van der Waals surface area contributed by atoms with Crippen molar-refractivity contribution >= 4 is 49.5 Å². The molecule has 0 saturated heterocycles. The smallest absolute Gasteiger partial charge is 0.217 e. The van der Waals surface area contributed by atoms with Gasteiger partial charge in [-0.1, -0.05) is 36.4 Å². The minimum absolute atomic E-state index is 0.175. The summed E-state index contributed by atoms with van der Waals surface area (Å²) >= 11 is 0. The van der Waals surface area contributed by atoms with Crippen LogP contribution < -0.4 is 14.8 Å². The van der Waals surface area contributed by atoms with Crippen LogP contribution in [-0.4, -0.2) is 45.1 Å². The highest BCUT2D eigenvalue weighted by Crippen LogP contribution is 2.25. The van der Waals surface area contributed by atoms with Gasteiger partial charge in [-0.05, 0) is 24.3 Å². The van der Waals surface area contributed by atoms with Gasteiger partial charge in [-0.2, -0.15) is 0 Å². The molecule has 6 aromatic rings. The Labute approximate surface area is 212 Å². The fourth-order valence-electron chi connectivity index (χ4n) is 4.36. The second kappa shape index (κ2) is 9.66. The molecular weight excluding hydrogens is 466 g/mol. The standard InChI is InChI=1S/C29H23N5O3/c1-18(35)32-23(16-36-24-12-10-21-8-6-19-4-2-14-30-26(19)28(21)33-24)17-37-25-13-11-22-9-7-20-5-3-15-31-27(20)29(22)34-25/h2-15,23H,16-17H2,1H3,(H,32,35). The number of nitrogens with one attached hydrogen (secondary N) is 1. The van der Waals surface area contributed by atoms with E-state index < -0.39 is 6.04 Å². The first kappa shape index (κ1) is 22.6. The highest BCUT2D eigenvalue weighted by atomic mass is 16.5. The average molecular weight is 490 g/mol. The Balaban J connectivity index is 1.20. The van der Waals surface area contributed by atoms with E-state index in [-0.39, 0.29) is 19.1 Å². The molecule has 0 bridgehead atoms. The predicted octanol–water partition coefficient (Wildman–Crippen LogP) is 4.84. The largest absolute Gasteiger partial charge is 0.475 e. The molecule has 0 fully saturated rings. The number of rotatable bonds is 7. The van der Waals surface area contributed by atoms with Crippen LogP contribution in [0.4, 0.5) is 0 Å². The molecule has 0 radical (unpaired) electrons. The molecular formula is C29H23N5O3. The zero-order valence-electron chi connectivity index (χ0n) is 20.1. The van der Waals surface area contributed by atoms with Crippen molar-refractivity contribution in [2.45, 2.75) is 13.0 Å². The maximum atomic E-state index is 11.8. The Morgan fingerprint density at radius 2 is 1.11 bits per heavy atom. The second-order valence-corrected chi connectivity index (χ2v) is 8.74. The summed E-state index contributed by atoms with van der Waals surface area (Å²) in [6.45, 7) is 1.81. The molecule has 8 heteroatoms. The van der Waals surface area contributed by atoms with Crippen LogP contribution in [0, 0.1) is 0 Å². The fraction of sp³-hybridized carbons (Fsp3) is 0.138. The minimum atomic E-state index is -0.413. The number of fused-ring (bicyclic) bond motifs is 6. The summed E-state index contributed by atoms with van der Waals surface area (Å²) in [5.74, 6) is 0.713. The molecule has 4 heterocycles. The van der Waals surface area contributed by atoms with Gasteiger partial charge in [0.05, 0.1) is 17.1 Å². The molecule has 182 valence electrons. The highest BCUT2D eigenvalue weighted by Gasteiger charge is 2.15. The summed E-state index contributed by atoms with van der Waals surface area (Å²) in [7, 11) is 0. The monoisotopic (exact) mass is 489 g/mol. The van der Waals surface area contributed by atoms with Crippen molar-refractivity contribution in [1.29, 1.82) is 0 Å². The van der Waals surface area contributed by atoms with Crippen LogP contribution >= 0.6 is 0 Å². The molecule has 0 unspecified atom stereocenters. The topological polar surface area (TPSA) is 99.1 Å². The van der Waals surface area contributed by atoms with E-state index in [1.54, 1.807) is 12.4 Å². The van der Waals surface area contributed by atoms with Crippen molar-refractivity contribution in [3.05, 3.63) is 85.2 Å². The quantitative estimate of drug-likeness (QED) is 0.320. The van der Waals surface area contributed by atoms with Crippen molar-refractivity contribution in [3.8, 4) is 11.8 Å². The molecule has 1 N–H and O–H groups in total. The van der Waals surface area contributed by atoms with Gasteiger partial charge < -0.3 is 14.8 Å². The number of nitrogens with zero attached hydrogens (tertiary/aromatic N) is 4. The van der Waals surface area contributed by atoms with Crippen molar-refractivity contribution in [2.75, 3.05) is 13.2 Å². The third-order valence-electron chi connectivity index (χ3n) is 6.09. The van der Waals surface area contributed by atoms with Gasteiger partial charge in [0.1, 0.15) is 24.2 Å². The molecule has 8 nitrogen and oxygen atoms in total. The lowest BCUT2D eigenvalue weighted by molar-refractivity contribution is -0.120. The molecule has 0 aliphatic heterocycles. The predicted molar refractivity (Wildman–Crippen MR) is 143 cm³/mol. The third-order valence-corrected chi connectivity index (χ3v) is 6.09. The SMILES string of the molecule is CC(=O)NC(COc1ccc2ccc3cccnc3c2n1)COc1ccc2ccc3cccnc3c2n1. The van der Waals surface area contributed by atoms with Gasteiger partial charge in [0.2, 0.25) is 17.7 Å². The summed E-state index contributed by atoms with van der Waals surface area (Å²) in [6.07, 6.45) is 3.50. The number of benzene rings is 2. The van der Waals surface area contributed by atoms with E-state index in [2.05, 4.69) is 25.3 Å². The number of hydrogen-bond acceptors (Lipinski definition) is 7. The molecule has 2 aromatic carbocycles. The van der Waals surface area contributed by atoms with E-state index in [9.17, 15) is 4.79 Å². The van der Waals surface area contributed by atoms with E-state index in [0.29, 0.717) is 11.8 Å². The van der Waals surface area contributed by atoms with Crippen LogP contribution in [0.5, 0.6) is 11.8 Å². The van der Waals surface area contributed by atoms with Gasteiger partial charge in [0.15, 0.2) is 0 Å². The van der Waals surface area contributed by atoms with E-state index in [4.69, 9.17) is 9.47 Å². The van der Waals surface area contributed by atoms with Gasteiger partial charge >= 0.3 is 0 Å². The summed E-state index contributed by atoms with van der Waals surface area (Å²) in [5, 5.41) is 6.86. The van der Waals surface area contributed by atoms with Crippen molar-refractivity contribution in [2.24, 2.45) is 0 Å². The Kier molecular flexibility index (Phi) is 5.90. The first-order valence-corrected chi connectivity index (χ1v) is 12.0. The Hall–Kier alpha value is -4.85.